The van der Waals surface area contributed by atoms with Crippen LogP contribution in [0.3, 0.4) is 0 Å². The van der Waals surface area contributed by atoms with Gasteiger partial charge in [0.1, 0.15) is 18.1 Å². The molecule has 3 amide bonds. The number of aliphatic carboxylic acids is 1. The lowest BCUT2D eigenvalue weighted by Crippen LogP contribution is -2.58. The van der Waals surface area contributed by atoms with E-state index in [1.165, 1.54) is 9.80 Å². The quantitative estimate of drug-likeness (QED) is 0.408. The summed E-state index contributed by atoms with van der Waals surface area (Å²) in [6, 6.07) is -3.67. The van der Waals surface area contributed by atoms with Gasteiger partial charge >= 0.3 is 5.97 Å². The molecule has 2 saturated heterocycles. The van der Waals surface area contributed by atoms with Crippen molar-refractivity contribution in [3.05, 3.63) is 0 Å². The Kier molecular flexibility index (Phi) is 7.36. The number of nitrogens with zero attached hydrogens (tertiary/aromatic N) is 2. The highest BCUT2D eigenvalue weighted by Gasteiger charge is 2.40. The van der Waals surface area contributed by atoms with Gasteiger partial charge in [-0.05, 0) is 31.6 Å². The summed E-state index contributed by atoms with van der Waals surface area (Å²) in [7, 11) is 0. The van der Waals surface area contributed by atoms with E-state index in [0.717, 1.165) is 0 Å². The van der Waals surface area contributed by atoms with E-state index in [4.69, 9.17) is 5.73 Å². The van der Waals surface area contributed by atoms with Crippen LogP contribution < -0.4 is 11.1 Å². The van der Waals surface area contributed by atoms with Crippen molar-refractivity contribution in [3.8, 4) is 0 Å². The number of hydrogen-bond acceptors (Lipinski definition) is 6. The van der Waals surface area contributed by atoms with Crippen LogP contribution in [0.25, 0.3) is 0 Å². The predicted molar refractivity (Wildman–Crippen MR) is 98.9 cm³/mol. The standard InChI is InChI=1S/C18H30N4O6/c1-10(2)14(19)17(26)21-7-3-5-12(21)15(24)20-11(9-23)16(25)22-8-4-6-13(22)18(27)28/h10-14,23H,3-9,19H2,1-2H3,(H,20,24)(H,27,28). The number of aliphatic hydroxyl groups is 1. The number of nitrogens with one attached hydrogen (secondary N) is 1. The fourth-order valence-corrected chi connectivity index (χ4v) is 3.72. The number of aliphatic hydroxyl groups excluding tert-OH is 1. The number of carbonyl (C=O) groups is 4. The summed E-state index contributed by atoms with van der Waals surface area (Å²) in [5, 5.41) is 21.3. The van der Waals surface area contributed by atoms with Crippen LogP contribution in [0.15, 0.2) is 0 Å². The molecule has 0 spiro atoms. The monoisotopic (exact) mass is 398 g/mol. The van der Waals surface area contributed by atoms with Crippen molar-refractivity contribution in [1.29, 1.82) is 0 Å². The molecule has 0 aromatic carbocycles. The molecule has 2 aliphatic heterocycles. The summed E-state index contributed by atoms with van der Waals surface area (Å²) in [6.45, 7) is 3.66. The Morgan fingerprint density at radius 3 is 2.07 bits per heavy atom. The number of carboxylic acid groups (broad SMARTS) is 1. The minimum absolute atomic E-state index is 0.0771. The molecule has 10 nitrogen and oxygen atoms in total. The van der Waals surface area contributed by atoms with Crippen LogP contribution in [-0.2, 0) is 19.2 Å². The summed E-state index contributed by atoms with van der Waals surface area (Å²) in [6.07, 6.45) is 1.97. The predicted octanol–water partition coefficient (Wildman–Crippen LogP) is -1.49. The van der Waals surface area contributed by atoms with Crippen molar-refractivity contribution in [2.24, 2.45) is 11.7 Å². The summed E-state index contributed by atoms with van der Waals surface area (Å²) in [5.41, 5.74) is 5.92. The highest BCUT2D eigenvalue weighted by Crippen LogP contribution is 2.21. The molecule has 5 N–H and O–H groups in total. The normalized spacial score (nSPS) is 24.3. The van der Waals surface area contributed by atoms with Gasteiger partial charge in [-0.2, -0.15) is 0 Å². The molecule has 0 aromatic rings. The number of hydrogen-bond donors (Lipinski definition) is 4. The molecule has 0 aliphatic carbocycles. The lowest BCUT2D eigenvalue weighted by Gasteiger charge is -2.30. The van der Waals surface area contributed by atoms with Gasteiger partial charge in [0.2, 0.25) is 17.7 Å². The molecule has 2 fully saturated rings. The van der Waals surface area contributed by atoms with E-state index in [0.29, 0.717) is 32.2 Å². The summed E-state index contributed by atoms with van der Waals surface area (Å²) in [5.74, 6) is -2.67. The first-order valence-electron chi connectivity index (χ1n) is 9.69. The van der Waals surface area contributed by atoms with E-state index >= 15 is 0 Å². The highest BCUT2D eigenvalue weighted by molar-refractivity contribution is 5.94. The Bertz CT molecular complexity index is 625. The molecule has 0 bridgehead atoms. The summed E-state index contributed by atoms with van der Waals surface area (Å²) >= 11 is 0. The lowest BCUT2D eigenvalue weighted by molar-refractivity contribution is -0.150. The van der Waals surface area contributed by atoms with Gasteiger partial charge in [-0.1, -0.05) is 13.8 Å². The molecule has 4 atom stereocenters. The maximum Gasteiger partial charge on any atom is 0.326 e. The van der Waals surface area contributed by atoms with Crippen LogP contribution in [0, 0.1) is 5.92 Å². The summed E-state index contributed by atoms with van der Waals surface area (Å²) in [4.78, 5) is 51.8. The van der Waals surface area contributed by atoms with Gasteiger partial charge in [0.25, 0.3) is 0 Å². The minimum Gasteiger partial charge on any atom is -0.480 e. The van der Waals surface area contributed by atoms with E-state index in [2.05, 4.69) is 5.32 Å². The van der Waals surface area contributed by atoms with Gasteiger partial charge in [-0.25, -0.2) is 4.79 Å². The average molecular weight is 398 g/mol. The van der Waals surface area contributed by atoms with Crippen molar-refractivity contribution >= 4 is 23.7 Å². The third-order valence-electron chi connectivity index (χ3n) is 5.46. The first-order valence-corrected chi connectivity index (χ1v) is 9.69. The van der Waals surface area contributed by atoms with Gasteiger partial charge in [-0.3, -0.25) is 14.4 Å². The van der Waals surface area contributed by atoms with Crippen molar-refractivity contribution in [1.82, 2.24) is 15.1 Å². The van der Waals surface area contributed by atoms with E-state index in [1.807, 2.05) is 13.8 Å². The smallest absolute Gasteiger partial charge is 0.326 e. The van der Waals surface area contributed by atoms with Gasteiger partial charge in [0, 0.05) is 13.1 Å². The number of carbonyl (C=O) groups excluding carboxylic acids is 3. The average Bonchev–Trinajstić information content (AvgIpc) is 3.33. The lowest BCUT2D eigenvalue weighted by atomic mass is 10.0. The Labute approximate surface area is 164 Å². The molecule has 28 heavy (non-hydrogen) atoms. The Morgan fingerprint density at radius 1 is 1.04 bits per heavy atom. The topological polar surface area (TPSA) is 153 Å². The maximum atomic E-state index is 12.7. The van der Waals surface area contributed by atoms with Gasteiger partial charge < -0.3 is 31.1 Å². The van der Waals surface area contributed by atoms with Crippen LogP contribution in [0.2, 0.25) is 0 Å². The maximum absolute atomic E-state index is 12.7. The Hall–Kier alpha value is -2.20. The third kappa shape index (κ3) is 4.61. The summed E-state index contributed by atoms with van der Waals surface area (Å²) < 4.78 is 0. The fourth-order valence-electron chi connectivity index (χ4n) is 3.72. The molecule has 0 saturated carbocycles. The van der Waals surface area contributed by atoms with Crippen LogP contribution in [0.4, 0.5) is 0 Å². The van der Waals surface area contributed by atoms with Crippen LogP contribution in [0.1, 0.15) is 39.5 Å². The van der Waals surface area contributed by atoms with Crippen LogP contribution in [0.5, 0.6) is 0 Å². The molecular formula is C18H30N4O6. The minimum atomic E-state index is -1.25. The molecular weight excluding hydrogens is 368 g/mol. The van der Waals surface area contributed by atoms with Crippen molar-refractivity contribution in [3.63, 3.8) is 0 Å². The molecule has 2 aliphatic rings. The Morgan fingerprint density at radius 2 is 1.57 bits per heavy atom. The number of rotatable bonds is 7. The highest BCUT2D eigenvalue weighted by atomic mass is 16.4. The number of carboxylic acids is 1. The van der Waals surface area contributed by atoms with E-state index in [-0.39, 0.29) is 18.4 Å². The van der Waals surface area contributed by atoms with Gasteiger partial charge in [0.15, 0.2) is 0 Å². The number of likely N-dealkylation sites (tertiary alicyclic amines) is 2. The van der Waals surface area contributed by atoms with Crippen molar-refractivity contribution < 1.29 is 29.4 Å². The van der Waals surface area contributed by atoms with Gasteiger partial charge in [0.05, 0.1) is 12.6 Å². The number of nitrogens with two attached hydrogens (primary N) is 1. The third-order valence-corrected chi connectivity index (χ3v) is 5.46. The second-order valence-electron chi connectivity index (χ2n) is 7.73. The molecule has 10 heteroatoms. The number of amides is 3. The zero-order valence-electron chi connectivity index (χ0n) is 16.3. The molecule has 4 unspecified atom stereocenters. The largest absolute Gasteiger partial charge is 0.480 e. The second-order valence-corrected chi connectivity index (χ2v) is 7.73. The van der Waals surface area contributed by atoms with Gasteiger partial charge in [-0.15, -0.1) is 0 Å². The zero-order chi connectivity index (χ0) is 21.0. The van der Waals surface area contributed by atoms with Crippen molar-refractivity contribution in [2.45, 2.75) is 63.7 Å². The zero-order valence-corrected chi connectivity index (χ0v) is 16.3. The SMILES string of the molecule is CC(C)C(N)C(=O)N1CCCC1C(=O)NC(CO)C(=O)N1CCCC1C(=O)O. The molecule has 2 heterocycles. The first-order chi connectivity index (χ1) is 13.2. The van der Waals surface area contributed by atoms with Crippen molar-refractivity contribution in [2.75, 3.05) is 19.7 Å². The molecule has 0 radical (unpaired) electrons. The van der Waals surface area contributed by atoms with Crippen LogP contribution >= 0.6 is 0 Å². The van der Waals surface area contributed by atoms with E-state index < -0.39 is 48.6 Å². The van der Waals surface area contributed by atoms with E-state index in [1.54, 1.807) is 0 Å². The van der Waals surface area contributed by atoms with Crippen LogP contribution in [-0.4, -0.2) is 87.6 Å². The second kappa shape index (κ2) is 9.33. The molecule has 158 valence electrons. The Balaban J connectivity index is 2.05. The molecule has 0 aromatic heterocycles. The first kappa shape index (κ1) is 22.1. The molecule has 2 rings (SSSR count). The fraction of sp³-hybridized carbons (Fsp3) is 0.778. The van der Waals surface area contributed by atoms with E-state index in [9.17, 15) is 29.4 Å².